The summed E-state index contributed by atoms with van der Waals surface area (Å²) in [5.41, 5.74) is -0.660. The molecule has 0 amide bonds. The molecule has 6 bridgehead atoms. The fourth-order valence-corrected chi connectivity index (χ4v) is 10.8. The van der Waals surface area contributed by atoms with Crippen molar-refractivity contribution in [2.75, 3.05) is 6.61 Å². The summed E-state index contributed by atoms with van der Waals surface area (Å²) in [6.45, 7) is 12.0. The van der Waals surface area contributed by atoms with Gasteiger partial charge in [0.15, 0.2) is 6.61 Å². The Kier molecular flexibility index (Phi) is 5.79. The summed E-state index contributed by atoms with van der Waals surface area (Å²) in [5.74, 6) is 2.33. The molecule has 7 aliphatic rings. The standard InChI is InChI=1S/C32H44O7/c1-6-31(4,5)15(3)36-14-22(33)37-27-20-12-19-25(29(34)38-28(19)27)26(20)30(35)39-32(7-2)13-18-11-21(32)24-17-9-8-16(10-17)23(18)24/h16-21,23-28H,3,6-14H2,1-2,4-5H3. The molecule has 0 aromatic rings. The van der Waals surface area contributed by atoms with Crippen molar-refractivity contribution in [2.24, 2.45) is 64.6 Å². The van der Waals surface area contributed by atoms with Gasteiger partial charge < -0.3 is 18.9 Å². The van der Waals surface area contributed by atoms with Crippen LogP contribution < -0.4 is 0 Å². The van der Waals surface area contributed by atoms with Crippen LogP contribution in [0.1, 0.15) is 79.1 Å². The summed E-state index contributed by atoms with van der Waals surface area (Å²) in [6, 6.07) is 0. The molecule has 1 aliphatic heterocycles. The van der Waals surface area contributed by atoms with E-state index in [4.69, 9.17) is 18.9 Å². The molecule has 0 radical (unpaired) electrons. The number of fused-ring (bicyclic) bond motifs is 10. The topological polar surface area (TPSA) is 88.1 Å². The van der Waals surface area contributed by atoms with E-state index < -0.39 is 35.6 Å². The average molecular weight is 541 g/mol. The van der Waals surface area contributed by atoms with Crippen molar-refractivity contribution in [3.8, 4) is 0 Å². The largest absolute Gasteiger partial charge is 0.486 e. The Balaban J connectivity index is 1.05. The number of hydrogen-bond acceptors (Lipinski definition) is 7. The summed E-state index contributed by atoms with van der Waals surface area (Å²) >= 11 is 0. The first-order chi connectivity index (χ1) is 18.6. The van der Waals surface area contributed by atoms with E-state index in [0.717, 1.165) is 37.0 Å². The first-order valence-corrected chi connectivity index (χ1v) is 15.5. The Morgan fingerprint density at radius 1 is 1.05 bits per heavy atom. The maximum atomic E-state index is 14.0. The molecule has 0 aromatic carbocycles. The minimum absolute atomic E-state index is 0.0969. The van der Waals surface area contributed by atoms with Gasteiger partial charge in [0, 0.05) is 23.2 Å². The second-order valence-electron chi connectivity index (χ2n) is 14.6. The van der Waals surface area contributed by atoms with Gasteiger partial charge in [-0.2, -0.15) is 0 Å². The van der Waals surface area contributed by atoms with Gasteiger partial charge in [0.05, 0.1) is 17.6 Å². The van der Waals surface area contributed by atoms with Crippen molar-refractivity contribution in [1.82, 2.24) is 0 Å². The molecule has 214 valence electrons. The minimum Gasteiger partial charge on any atom is -0.486 e. The fraction of sp³-hybridized carbons (Fsp3) is 0.844. The van der Waals surface area contributed by atoms with Gasteiger partial charge in [-0.15, -0.1) is 0 Å². The van der Waals surface area contributed by atoms with E-state index in [2.05, 4.69) is 13.5 Å². The SMILES string of the molecule is C=C(OCC(=O)OC1C2CC3C1OC(=O)C3C2C(=O)OC1(CC)CC2CC1C1C3CCC(C3)C21)C(C)(C)CC. The highest BCUT2D eigenvalue weighted by Gasteiger charge is 2.72. The Morgan fingerprint density at radius 2 is 1.79 bits per heavy atom. The molecule has 0 N–H and O–H groups in total. The van der Waals surface area contributed by atoms with Gasteiger partial charge in [-0.3, -0.25) is 9.59 Å². The van der Waals surface area contributed by atoms with Gasteiger partial charge >= 0.3 is 17.9 Å². The molecule has 7 nitrogen and oxygen atoms in total. The van der Waals surface area contributed by atoms with Crippen LogP contribution in [0.4, 0.5) is 0 Å². The van der Waals surface area contributed by atoms with E-state index in [0.29, 0.717) is 29.9 Å². The summed E-state index contributed by atoms with van der Waals surface area (Å²) in [7, 11) is 0. The van der Waals surface area contributed by atoms with Crippen LogP contribution in [0.25, 0.3) is 0 Å². The molecule has 7 fully saturated rings. The van der Waals surface area contributed by atoms with Gasteiger partial charge in [-0.25, -0.2) is 4.79 Å². The van der Waals surface area contributed by atoms with Crippen LogP contribution in [0.3, 0.4) is 0 Å². The smallest absolute Gasteiger partial charge is 0.344 e. The summed E-state index contributed by atoms with van der Waals surface area (Å²) in [5, 5.41) is 0. The zero-order chi connectivity index (χ0) is 27.4. The number of hydrogen-bond donors (Lipinski definition) is 0. The third-order valence-corrected chi connectivity index (χ3v) is 12.9. The molecule has 39 heavy (non-hydrogen) atoms. The van der Waals surface area contributed by atoms with E-state index in [1.165, 1.54) is 25.7 Å². The van der Waals surface area contributed by atoms with Crippen LogP contribution in [-0.2, 0) is 33.3 Å². The highest BCUT2D eigenvalue weighted by Crippen LogP contribution is 2.71. The molecule has 7 rings (SSSR count). The number of esters is 3. The number of ether oxygens (including phenoxy) is 4. The minimum atomic E-state index is -0.633. The third-order valence-electron chi connectivity index (χ3n) is 12.9. The van der Waals surface area contributed by atoms with E-state index in [1.807, 2.05) is 20.8 Å². The van der Waals surface area contributed by atoms with Crippen molar-refractivity contribution < 1.29 is 33.3 Å². The van der Waals surface area contributed by atoms with Crippen LogP contribution in [0.2, 0.25) is 0 Å². The lowest BCUT2D eigenvalue weighted by Gasteiger charge is -2.46. The molecule has 6 aliphatic carbocycles. The number of allylic oxidation sites excluding steroid dienone is 1. The normalized spacial score (nSPS) is 47.8. The van der Waals surface area contributed by atoms with Gasteiger partial charge in [-0.1, -0.05) is 34.3 Å². The lowest BCUT2D eigenvalue weighted by atomic mass is 9.65. The van der Waals surface area contributed by atoms with Crippen molar-refractivity contribution in [2.45, 2.75) is 96.9 Å². The van der Waals surface area contributed by atoms with Crippen LogP contribution in [-0.4, -0.2) is 42.3 Å². The van der Waals surface area contributed by atoms with Crippen LogP contribution in [0.5, 0.6) is 0 Å². The van der Waals surface area contributed by atoms with Gasteiger partial charge in [-0.05, 0) is 81.0 Å². The third kappa shape index (κ3) is 3.56. The molecule has 0 aromatic heterocycles. The molecule has 1 saturated heterocycles. The van der Waals surface area contributed by atoms with E-state index in [1.54, 1.807) is 0 Å². The Morgan fingerprint density at radius 3 is 2.51 bits per heavy atom. The van der Waals surface area contributed by atoms with Crippen LogP contribution >= 0.6 is 0 Å². The summed E-state index contributed by atoms with van der Waals surface area (Å²) in [4.78, 5) is 39.8. The number of rotatable bonds is 9. The first-order valence-electron chi connectivity index (χ1n) is 15.5. The van der Waals surface area contributed by atoms with E-state index >= 15 is 0 Å². The molecule has 13 atom stereocenters. The van der Waals surface area contributed by atoms with E-state index in [-0.39, 0.29) is 35.8 Å². The second kappa shape index (κ2) is 8.72. The second-order valence-corrected chi connectivity index (χ2v) is 14.6. The number of carbonyl (C=O) groups is 3. The molecule has 7 heteroatoms. The van der Waals surface area contributed by atoms with E-state index in [9.17, 15) is 14.4 Å². The maximum Gasteiger partial charge on any atom is 0.344 e. The Hall–Kier alpha value is -2.05. The van der Waals surface area contributed by atoms with Crippen LogP contribution in [0.15, 0.2) is 12.3 Å². The zero-order valence-electron chi connectivity index (χ0n) is 23.9. The maximum absolute atomic E-state index is 14.0. The Labute approximate surface area is 231 Å². The molecule has 0 spiro atoms. The fourth-order valence-electron chi connectivity index (χ4n) is 10.8. The predicted octanol–water partition coefficient (Wildman–Crippen LogP) is 5.07. The van der Waals surface area contributed by atoms with Gasteiger partial charge in [0.25, 0.3) is 0 Å². The molecule has 1 heterocycles. The van der Waals surface area contributed by atoms with Crippen molar-refractivity contribution in [3.63, 3.8) is 0 Å². The lowest BCUT2D eigenvalue weighted by Crippen LogP contribution is -2.50. The highest BCUT2D eigenvalue weighted by molar-refractivity contribution is 5.86. The van der Waals surface area contributed by atoms with Crippen molar-refractivity contribution in [1.29, 1.82) is 0 Å². The lowest BCUT2D eigenvalue weighted by molar-refractivity contribution is -0.185. The summed E-state index contributed by atoms with van der Waals surface area (Å²) < 4.78 is 23.8. The quantitative estimate of drug-likeness (QED) is 0.175. The summed E-state index contributed by atoms with van der Waals surface area (Å²) in [6.07, 6.45) is 7.45. The van der Waals surface area contributed by atoms with Gasteiger partial charge in [0.2, 0.25) is 0 Å². The van der Waals surface area contributed by atoms with Crippen LogP contribution in [0, 0.1) is 64.6 Å². The Bertz CT molecular complexity index is 1100. The van der Waals surface area contributed by atoms with Gasteiger partial charge in [0.1, 0.15) is 17.8 Å². The molecule has 13 unspecified atom stereocenters. The number of carbonyl (C=O) groups excluding carboxylic acids is 3. The van der Waals surface area contributed by atoms with Crippen molar-refractivity contribution >= 4 is 17.9 Å². The first kappa shape index (κ1) is 25.9. The molecular weight excluding hydrogens is 496 g/mol. The highest BCUT2D eigenvalue weighted by atomic mass is 16.6. The average Bonchev–Trinajstić information content (AvgIpc) is 3.74. The monoisotopic (exact) mass is 540 g/mol. The molecule has 6 saturated carbocycles. The van der Waals surface area contributed by atoms with Crippen molar-refractivity contribution in [3.05, 3.63) is 12.3 Å². The predicted molar refractivity (Wildman–Crippen MR) is 141 cm³/mol. The zero-order valence-corrected chi connectivity index (χ0v) is 23.9. The molecular formula is C32H44O7.